The Kier molecular flexibility index (Phi) is 5.14. The van der Waals surface area contributed by atoms with Gasteiger partial charge in [-0.2, -0.15) is 13.2 Å². The first kappa shape index (κ1) is 20.2. The molecule has 150 valence electrons. The van der Waals surface area contributed by atoms with Crippen LogP contribution >= 0.6 is 0 Å². The van der Waals surface area contributed by atoms with Gasteiger partial charge in [0.25, 0.3) is 5.91 Å². The molecule has 2 atom stereocenters. The van der Waals surface area contributed by atoms with Crippen molar-refractivity contribution in [3.8, 4) is 0 Å². The number of carbonyl (C=O) groups is 1. The molecule has 0 saturated heterocycles. The van der Waals surface area contributed by atoms with E-state index >= 15 is 0 Å². The van der Waals surface area contributed by atoms with Gasteiger partial charge in [-0.25, -0.2) is 8.42 Å². The fourth-order valence-electron chi connectivity index (χ4n) is 3.10. The lowest BCUT2D eigenvalue weighted by Gasteiger charge is -2.13. The molecule has 1 fully saturated rings. The third-order valence-corrected chi connectivity index (χ3v) is 5.16. The van der Waals surface area contributed by atoms with Gasteiger partial charge in [0.15, 0.2) is 0 Å². The molecule has 1 aliphatic carbocycles. The second kappa shape index (κ2) is 7.12. The van der Waals surface area contributed by atoms with E-state index in [1.807, 2.05) is 0 Å². The Morgan fingerprint density at radius 2 is 1.82 bits per heavy atom. The average molecular weight is 412 g/mol. The van der Waals surface area contributed by atoms with Crippen molar-refractivity contribution in [3.63, 3.8) is 0 Å². The van der Waals surface area contributed by atoms with Gasteiger partial charge in [-0.05, 0) is 42.7 Å². The predicted molar refractivity (Wildman–Crippen MR) is 99.7 cm³/mol. The molecule has 0 heterocycles. The summed E-state index contributed by atoms with van der Waals surface area (Å²) in [5.74, 6) is -0.866. The van der Waals surface area contributed by atoms with Gasteiger partial charge in [-0.1, -0.05) is 24.3 Å². The van der Waals surface area contributed by atoms with Crippen molar-refractivity contribution < 1.29 is 26.4 Å². The van der Waals surface area contributed by atoms with Crippen LogP contribution in [-0.4, -0.2) is 26.6 Å². The maximum Gasteiger partial charge on any atom is 0.416 e. The Morgan fingerprint density at radius 3 is 2.46 bits per heavy atom. The summed E-state index contributed by atoms with van der Waals surface area (Å²) < 4.78 is 64.7. The summed E-state index contributed by atoms with van der Waals surface area (Å²) in [5.41, 5.74) is 0.636. The number of halogens is 3. The monoisotopic (exact) mass is 412 g/mol. The first-order chi connectivity index (χ1) is 13.0. The number of anilines is 1. The van der Waals surface area contributed by atoms with Crippen molar-refractivity contribution in [2.75, 3.05) is 11.0 Å². The van der Waals surface area contributed by atoms with Crippen LogP contribution in [0.15, 0.2) is 42.5 Å². The lowest BCUT2D eigenvalue weighted by atomic mass is 10.0. The highest BCUT2D eigenvalue weighted by Gasteiger charge is 2.44. The average Bonchev–Trinajstić information content (AvgIpc) is 3.34. The van der Waals surface area contributed by atoms with E-state index in [1.165, 1.54) is 18.2 Å². The molecule has 0 spiro atoms. The molecule has 0 bridgehead atoms. The summed E-state index contributed by atoms with van der Waals surface area (Å²) >= 11 is 0. The molecule has 0 aliphatic heterocycles. The van der Waals surface area contributed by atoms with Crippen molar-refractivity contribution in [2.45, 2.75) is 31.5 Å². The predicted octanol–water partition coefficient (Wildman–Crippen LogP) is 3.67. The first-order valence-corrected chi connectivity index (χ1v) is 10.4. The lowest BCUT2D eigenvalue weighted by Crippen LogP contribution is -2.27. The third-order valence-electron chi connectivity index (χ3n) is 4.57. The molecule has 5 nitrogen and oxygen atoms in total. The smallest absolute Gasteiger partial charge is 0.349 e. The molecular weight excluding hydrogens is 393 g/mol. The van der Waals surface area contributed by atoms with Gasteiger partial charge in [0.1, 0.15) is 0 Å². The largest absolute Gasteiger partial charge is 0.416 e. The highest BCUT2D eigenvalue weighted by Crippen LogP contribution is 2.46. The number of rotatable bonds is 5. The zero-order chi connectivity index (χ0) is 20.7. The molecule has 2 N–H and O–H groups in total. The maximum atomic E-state index is 13.2. The van der Waals surface area contributed by atoms with Crippen molar-refractivity contribution in [2.24, 2.45) is 0 Å². The Bertz CT molecular complexity index is 1020. The second-order valence-corrected chi connectivity index (χ2v) is 8.66. The topological polar surface area (TPSA) is 75.3 Å². The van der Waals surface area contributed by atoms with E-state index in [2.05, 4.69) is 10.0 Å². The van der Waals surface area contributed by atoms with E-state index in [9.17, 15) is 26.4 Å². The molecule has 1 saturated carbocycles. The second-order valence-electron chi connectivity index (χ2n) is 6.91. The first-order valence-electron chi connectivity index (χ1n) is 8.51. The number of carbonyl (C=O) groups excluding carboxylic acids is 1. The van der Waals surface area contributed by atoms with Gasteiger partial charge >= 0.3 is 6.18 Å². The summed E-state index contributed by atoms with van der Waals surface area (Å²) in [6.45, 7) is 1.69. The fourth-order valence-corrected chi connectivity index (χ4v) is 3.72. The van der Waals surface area contributed by atoms with Gasteiger partial charge in [0, 0.05) is 17.5 Å². The van der Waals surface area contributed by atoms with Gasteiger partial charge in [0.2, 0.25) is 10.0 Å². The summed E-state index contributed by atoms with van der Waals surface area (Å²) in [7, 11) is -3.50. The molecule has 3 rings (SSSR count). The van der Waals surface area contributed by atoms with Gasteiger partial charge < -0.3 is 5.32 Å². The minimum Gasteiger partial charge on any atom is -0.349 e. The normalized spacial score (nSPS) is 19.2. The number of hydrogen-bond acceptors (Lipinski definition) is 3. The Labute approximate surface area is 161 Å². The zero-order valence-corrected chi connectivity index (χ0v) is 16.0. The van der Waals surface area contributed by atoms with Crippen LogP contribution in [0.4, 0.5) is 18.9 Å². The van der Waals surface area contributed by atoms with E-state index in [0.29, 0.717) is 12.0 Å². The highest BCUT2D eigenvalue weighted by atomic mass is 32.2. The molecule has 2 aromatic rings. The number of aryl methyl sites for hydroxylation is 1. The zero-order valence-electron chi connectivity index (χ0n) is 15.2. The van der Waals surface area contributed by atoms with Crippen LogP contribution in [0.5, 0.6) is 0 Å². The number of nitrogens with one attached hydrogen (secondary N) is 2. The van der Waals surface area contributed by atoms with Crippen LogP contribution in [0, 0.1) is 6.92 Å². The van der Waals surface area contributed by atoms with Crippen LogP contribution in [0.2, 0.25) is 0 Å². The Morgan fingerprint density at radius 1 is 1.14 bits per heavy atom. The van der Waals surface area contributed by atoms with Gasteiger partial charge in [0.05, 0.1) is 17.5 Å². The molecule has 9 heteroatoms. The summed E-state index contributed by atoms with van der Waals surface area (Å²) in [6.07, 6.45) is -3.03. The number of benzene rings is 2. The van der Waals surface area contributed by atoms with E-state index in [4.69, 9.17) is 0 Å². The minimum absolute atomic E-state index is 0.170. The minimum atomic E-state index is -4.45. The van der Waals surface area contributed by atoms with E-state index in [0.717, 1.165) is 12.3 Å². The molecule has 1 aliphatic rings. The van der Waals surface area contributed by atoms with E-state index in [-0.39, 0.29) is 16.8 Å². The fraction of sp³-hybridized carbons (Fsp3) is 0.316. The number of hydrogen-bond donors (Lipinski definition) is 2. The van der Waals surface area contributed by atoms with E-state index < -0.39 is 39.6 Å². The Hall–Kier alpha value is -2.55. The quantitative estimate of drug-likeness (QED) is 0.787. The third kappa shape index (κ3) is 4.64. The van der Waals surface area contributed by atoms with Crippen molar-refractivity contribution in [1.82, 2.24) is 5.32 Å². The summed E-state index contributed by atoms with van der Waals surface area (Å²) in [4.78, 5) is 12.5. The van der Waals surface area contributed by atoms with Crippen molar-refractivity contribution >= 4 is 21.6 Å². The molecule has 2 aromatic carbocycles. The maximum absolute atomic E-state index is 13.2. The standard InChI is InChI=1S/C19H19F3N2O3S/c1-11-7-8-12(9-16(11)24-28(2,26)27)18(25)23-17-10-14(17)13-5-3-4-6-15(13)19(20,21)22/h3-9,14,17,24H,10H2,1-2H3,(H,23,25)/t14-,17+/m1/s1. The molecule has 1 amide bonds. The number of sulfonamides is 1. The molecule has 28 heavy (non-hydrogen) atoms. The van der Waals surface area contributed by atoms with Crippen molar-refractivity contribution in [1.29, 1.82) is 0 Å². The molecule has 0 aromatic heterocycles. The van der Waals surface area contributed by atoms with E-state index in [1.54, 1.807) is 25.1 Å². The van der Waals surface area contributed by atoms with Crippen LogP contribution in [-0.2, 0) is 16.2 Å². The number of amides is 1. The molecule has 0 radical (unpaired) electrons. The van der Waals surface area contributed by atoms with Crippen LogP contribution in [0.25, 0.3) is 0 Å². The highest BCUT2D eigenvalue weighted by molar-refractivity contribution is 7.92. The summed E-state index contributed by atoms with van der Waals surface area (Å²) in [6, 6.07) is 9.51. The van der Waals surface area contributed by atoms with Crippen LogP contribution < -0.4 is 10.0 Å². The lowest BCUT2D eigenvalue weighted by molar-refractivity contribution is -0.138. The number of alkyl halides is 3. The SMILES string of the molecule is Cc1ccc(C(=O)N[C@H]2C[C@@H]2c2ccccc2C(F)(F)F)cc1NS(C)(=O)=O. The summed E-state index contributed by atoms with van der Waals surface area (Å²) in [5, 5.41) is 2.72. The molecular formula is C19H19F3N2O3S. The van der Waals surface area contributed by atoms with Crippen LogP contribution in [0.3, 0.4) is 0 Å². The van der Waals surface area contributed by atoms with Crippen LogP contribution in [0.1, 0.15) is 39.4 Å². The Balaban J connectivity index is 1.74. The molecule has 0 unspecified atom stereocenters. The van der Waals surface area contributed by atoms with Gasteiger partial charge in [-0.3, -0.25) is 9.52 Å². The van der Waals surface area contributed by atoms with Gasteiger partial charge in [-0.15, -0.1) is 0 Å². The van der Waals surface area contributed by atoms with Crippen molar-refractivity contribution in [3.05, 3.63) is 64.7 Å².